The van der Waals surface area contributed by atoms with Crippen molar-refractivity contribution < 1.29 is 9.47 Å². The van der Waals surface area contributed by atoms with Crippen LogP contribution in [0.2, 0.25) is 0 Å². The minimum Gasteiger partial charge on any atom is -0.493 e. The highest BCUT2D eigenvalue weighted by atomic mass is 79.9. The molecule has 1 aromatic rings. The molecule has 5 heteroatoms. The molecule has 1 aliphatic rings. The molecule has 0 atom stereocenters. The Morgan fingerprint density at radius 2 is 2.16 bits per heavy atom. The van der Waals surface area contributed by atoms with E-state index in [4.69, 9.17) is 9.47 Å². The lowest BCUT2D eigenvalue weighted by atomic mass is 10.1. The zero-order chi connectivity index (χ0) is 13.8. The molecule has 1 aromatic carbocycles. The zero-order valence-corrected chi connectivity index (χ0v) is 13.3. The summed E-state index contributed by atoms with van der Waals surface area (Å²) in [5.41, 5.74) is 1.18. The summed E-state index contributed by atoms with van der Waals surface area (Å²) < 4.78 is 12.6. The van der Waals surface area contributed by atoms with Gasteiger partial charge >= 0.3 is 0 Å². The number of likely N-dealkylation sites (tertiary alicyclic amines) is 1. The summed E-state index contributed by atoms with van der Waals surface area (Å²) in [7, 11) is 5.74. The van der Waals surface area contributed by atoms with Gasteiger partial charge in [0.05, 0.1) is 7.11 Å². The number of methoxy groups -OCH3 is 1. The van der Waals surface area contributed by atoms with Crippen LogP contribution in [0, 0.1) is 0 Å². The standard InChI is InChI=1S/C14H21BrN2O2/c1-16-5-4-10-6-11(15)7-13(18-3)14(10)19-12-8-17(2)9-12/h6-7,12,16H,4-5,8-9H2,1-3H3. The molecular weight excluding hydrogens is 308 g/mol. The van der Waals surface area contributed by atoms with Gasteiger partial charge in [0.2, 0.25) is 0 Å². The van der Waals surface area contributed by atoms with Crippen LogP contribution in [-0.4, -0.2) is 51.8 Å². The number of hydrogen-bond donors (Lipinski definition) is 1. The van der Waals surface area contributed by atoms with Crippen molar-refractivity contribution in [1.82, 2.24) is 10.2 Å². The van der Waals surface area contributed by atoms with Gasteiger partial charge in [0, 0.05) is 23.1 Å². The number of nitrogens with zero attached hydrogens (tertiary/aromatic N) is 1. The van der Waals surface area contributed by atoms with Gasteiger partial charge in [0.15, 0.2) is 11.5 Å². The van der Waals surface area contributed by atoms with E-state index >= 15 is 0 Å². The summed E-state index contributed by atoms with van der Waals surface area (Å²) in [5.74, 6) is 1.69. The van der Waals surface area contributed by atoms with Gasteiger partial charge in [-0.15, -0.1) is 0 Å². The lowest BCUT2D eigenvalue weighted by Crippen LogP contribution is -2.51. The second kappa shape index (κ2) is 6.59. The Morgan fingerprint density at radius 3 is 2.74 bits per heavy atom. The summed E-state index contributed by atoms with van der Waals surface area (Å²) in [6, 6.07) is 4.07. The van der Waals surface area contributed by atoms with Crippen LogP contribution in [0.25, 0.3) is 0 Å². The third-order valence-electron chi connectivity index (χ3n) is 3.28. The van der Waals surface area contributed by atoms with Crippen LogP contribution in [0.1, 0.15) is 5.56 Å². The third-order valence-corrected chi connectivity index (χ3v) is 3.73. The average Bonchev–Trinajstić information content (AvgIpc) is 2.36. The Balaban J connectivity index is 2.20. The Bertz CT molecular complexity index is 434. The molecule has 0 radical (unpaired) electrons. The number of benzene rings is 1. The van der Waals surface area contributed by atoms with E-state index < -0.39 is 0 Å². The lowest BCUT2D eigenvalue weighted by molar-refractivity contribution is 0.0362. The first-order chi connectivity index (χ1) is 9.13. The second-order valence-electron chi connectivity index (χ2n) is 4.91. The molecule has 106 valence electrons. The molecule has 0 aliphatic carbocycles. The van der Waals surface area contributed by atoms with Crippen molar-refractivity contribution in [2.45, 2.75) is 12.5 Å². The first-order valence-electron chi connectivity index (χ1n) is 6.50. The molecule has 1 saturated heterocycles. The predicted octanol–water partition coefficient (Wildman–Crippen LogP) is 1.91. The molecule has 1 aliphatic heterocycles. The van der Waals surface area contributed by atoms with Gasteiger partial charge in [-0.25, -0.2) is 0 Å². The fraction of sp³-hybridized carbons (Fsp3) is 0.571. The topological polar surface area (TPSA) is 33.7 Å². The first kappa shape index (κ1) is 14.6. The van der Waals surface area contributed by atoms with Crippen LogP contribution < -0.4 is 14.8 Å². The maximum absolute atomic E-state index is 6.11. The van der Waals surface area contributed by atoms with Crippen LogP contribution >= 0.6 is 15.9 Å². The molecule has 1 fully saturated rings. The van der Waals surface area contributed by atoms with Gasteiger partial charge in [-0.1, -0.05) is 15.9 Å². The summed E-state index contributed by atoms with van der Waals surface area (Å²) in [6.07, 6.45) is 1.19. The molecule has 0 amide bonds. The zero-order valence-electron chi connectivity index (χ0n) is 11.7. The fourth-order valence-corrected chi connectivity index (χ4v) is 2.72. The van der Waals surface area contributed by atoms with Gasteiger partial charge in [-0.3, -0.25) is 4.90 Å². The Labute approximate surface area is 123 Å². The highest BCUT2D eigenvalue weighted by Crippen LogP contribution is 2.36. The predicted molar refractivity (Wildman–Crippen MR) is 80.2 cm³/mol. The Hall–Kier alpha value is -0.780. The van der Waals surface area contributed by atoms with E-state index in [1.54, 1.807) is 7.11 Å². The number of rotatable bonds is 6. The normalized spacial score (nSPS) is 16.2. The monoisotopic (exact) mass is 328 g/mol. The molecule has 2 rings (SSSR count). The van der Waals surface area contributed by atoms with Crippen LogP contribution in [0.5, 0.6) is 11.5 Å². The fourth-order valence-electron chi connectivity index (χ4n) is 2.24. The van der Waals surface area contributed by atoms with E-state index in [9.17, 15) is 0 Å². The molecule has 19 heavy (non-hydrogen) atoms. The Kier molecular flexibility index (Phi) is 5.07. The summed E-state index contributed by atoms with van der Waals surface area (Å²) in [4.78, 5) is 2.24. The summed E-state index contributed by atoms with van der Waals surface area (Å²) >= 11 is 3.52. The van der Waals surface area contributed by atoms with Crippen molar-refractivity contribution in [1.29, 1.82) is 0 Å². The quantitative estimate of drug-likeness (QED) is 0.865. The van der Waals surface area contributed by atoms with E-state index in [2.05, 4.69) is 39.3 Å². The van der Waals surface area contributed by atoms with Crippen LogP contribution in [0.4, 0.5) is 0 Å². The molecule has 1 heterocycles. The number of likely N-dealkylation sites (N-methyl/N-ethyl adjacent to an activating group) is 2. The SMILES string of the molecule is CNCCc1cc(Br)cc(OC)c1OC1CN(C)C1. The molecule has 0 bridgehead atoms. The number of hydrogen-bond acceptors (Lipinski definition) is 4. The molecule has 4 nitrogen and oxygen atoms in total. The van der Waals surface area contributed by atoms with Gasteiger partial charge < -0.3 is 14.8 Å². The highest BCUT2D eigenvalue weighted by molar-refractivity contribution is 9.10. The second-order valence-corrected chi connectivity index (χ2v) is 5.83. The van der Waals surface area contributed by atoms with Crippen LogP contribution in [0.15, 0.2) is 16.6 Å². The van der Waals surface area contributed by atoms with Gasteiger partial charge in [-0.05, 0) is 39.2 Å². The van der Waals surface area contributed by atoms with Crippen molar-refractivity contribution in [3.8, 4) is 11.5 Å². The van der Waals surface area contributed by atoms with Crippen LogP contribution in [0.3, 0.4) is 0 Å². The maximum Gasteiger partial charge on any atom is 0.165 e. The van der Waals surface area contributed by atoms with E-state index in [1.807, 2.05) is 13.1 Å². The maximum atomic E-state index is 6.11. The molecule has 0 aromatic heterocycles. The largest absolute Gasteiger partial charge is 0.493 e. The van der Waals surface area contributed by atoms with E-state index in [1.165, 1.54) is 5.56 Å². The van der Waals surface area contributed by atoms with Crippen molar-refractivity contribution >= 4 is 15.9 Å². The first-order valence-corrected chi connectivity index (χ1v) is 7.29. The van der Waals surface area contributed by atoms with Crippen molar-refractivity contribution in [3.05, 3.63) is 22.2 Å². The minimum atomic E-state index is 0.272. The number of halogens is 1. The number of ether oxygens (including phenoxy) is 2. The lowest BCUT2D eigenvalue weighted by Gasteiger charge is -2.36. The van der Waals surface area contributed by atoms with Gasteiger partial charge in [0.1, 0.15) is 6.10 Å². The molecule has 1 N–H and O–H groups in total. The Morgan fingerprint density at radius 1 is 1.42 bits per heavy atom. The van der Waals surface area contributed by atoms with Crippen molar-refractivity contribution in [2.75, 3.05) is 40.8 Å². The minimum absolute atomic E-state index is 0.272. The van der Waals surface area contributed by atoms with Crippen LogP contribution in [-0.2, 0) is 6.42 Å². The summed E-state index contributed by atoms with van der Waals surface area (Å²) in [5, 5.41) is 3.17. The smallest absolute Gasteiger partial charge is 0.165 e. The van der Waals surface area contributed by atoms with Crippen molar-refractivity contribution in [3.63, 3.8) is 0 Å². The van der Waals surface area contributed by atoms with E-state index in [0.29, 0.717) is 0 Å². The molecule has 0 unspecified atom stereocenters. The summed E-state index contributed by atoms with van der Waals surface area (Å²) in [6.45, 7) is 2.87. The highest BCUT2D eigenvalue weighted by Gasteiger charge is 2.27. The van der Waals surface area contributed by atoms with E-state index in [0.717, 1.165) is 42.0 Å². The third kappa shape index (κ3) is 3.61. The van der Waals surface area contributed by atoms with Crippen molar-refractivity contribution in [2.24, 2.45) is 0 Å². The molecule has 0 saturated carbocycles. The van der Waals surface area contributed by atoms with E-state index in [-0.39, 0.29) is 6.10 Å². The van der Waals surface area contributed by atoms with Gasteiger partial charge in [0.25, 0.3) is 0 Å². The van der Waals surface area contributed by atoms with Gasteiger partial charge in [-0.2, -0.15) is 0 Å². The molecular formula is C14H21BrN2O2. The average molecular weight is 329 g/mol. The molecule has 0 spiro atoms. The number of nitrogens with one attached hydrogen (secondary N) is 1.